The first kappa shape index (κ1) is 14.7. The van der Waals surface area contributed by atoms with E-state index in [0.717, 1.165) is 11.1 Å². The third-order valence-corrected chi connectivity index (χ3v) is 3.41. The van der Waals surface area contributed by atoms with E-state index in [-0.39, 0.29) is 5.97 Å². The first-order chi connectivity index (χ1) is 11.2. The largest absolute Gasteiger partial charge is 0.469 e. The molecule has 1 aromatic carbocycles. The van der Waals surface area contributed by atoms with Gasteiger partial charge in [0.1, 0.15) is 0 Å². The van der Waals surface area contributed by atoms with E-state index in [2.05, 4.69) is 20.8 Å². The molecule has 6 nitrogen and oxygen atoms in total. The normalized spacial score (nSPS) is 10.4. The lowest BCUT2D eigenvalue weighted by Gasteiger charge is -1.99. The third kappa shape index (κ3) is 3.19. The van der Waals surface area contributed by atoms with E-state index in [1.54, 1.807) is 30.5 Å². The smallest absolute Gasteiger partial charge is 0.305 e. The molecule has 114 valence electrons. The highest BCUT2D eigenvalue weighted by molar-refractivity contribution is 5.73. The van der Waals surface area contributed by atoms with Crippen molar-refractivity contribution in [3.8, 4) is 17.5 Å². The molecule has 3 aromatic rings. The Bertz CT molecular complexity index is 892. The molecule has 2 heterocycles. The van der Waals surface area contributed by atoms with Crippen molar-refractivity contribution in [3.05, 3.63) is 47.7 Å². The minimum absolute atomic E-state index is 0.263. The summed E-state index contributed by atoms with van der Waals surface area (Å²) in [7, 11) is 1.37. The van der Waals surface area contributed by atoms with Crippen molar-refractivity contribution in [2.75, 3.05) is 7.11 Å². The fraction of sp³-hybridized carbons (Fsp3) is 0.176. The van der Waals surface area contributed by atoms with Gasteiger partial charge in [-0.25, -0.2) is 4.98 Å². The molecule has 0 amide bonds. The lowest BCUT2D eigenvalue weighted by atomic mass is 10.1. The zero-order valence-corrected chi connectivity index (χ0v) is 12.4. The Hall–Kier alpha value is -3.20. The molecule has 0 unspecified atom stereocenters. The number of esters is 1. The van der Waals surface area contributed by atoms with Gasteiger partial charge in [0, 0.05) is 18.2 Å². The van der Waals surface area contributed by atoms with Crippen molar-refractivity contribution in [2.45, 2.75) is 12.8 Å². The summed E-state index contributed by atoms with van der Waals surface area (Å²) >= 11 is 0. The minimum Gasteiger partial charge on any atom is -0.469 e. The molecule has 23 heavy (non-hydrogen) atoms. The van der Waals surface area contributed by atoms with Gasteiger partial charge in [0.2, 0.25) is 5.89 Å². The second-order valence-corrected chi connectivity index (χ2v) is 4.95. The SMILES string of the molecule is COC(=O)CCc1cnc2nc(-c3ccc(C#N)cc3)oc2c1. The van der Waals surface area contributed by atoms with Crippen LogP contribution in [0.15, 0.2) is 40.9 Å². The quantitative estimate of drug-likeness (QED) is 0.688. The number of ether oxygens (including phenoxy) is 1. The molecule has 3 rings (SSSR count). The number of methoxy groups -OCH3 is 1. The molecular formula is C17H13N3O3. The highest BCUT2D eigenvalue weighted by Gasteiger charge is 2.11. The van der Waals surface area contributed by atoms with E-state index in [4.69, 9.17) is 9.68 Å². The van der Waals surface area contributed by atoms with Crippen molar-refractivity contribution >= 4 is 17.2 Å². The fourth-order valence-corrected chi connectivity index (χ4v) is 2.16. The van der Waals surface area contributed by atoms with Crippen LogP contribution in [0.5, 0.6) is 0 Å². The van der Waals surface area contributed by atoms with Crippen molar-refractivity contribution in [3.63, 3.8) is 0 Å². The van der Waals surface area contributed by atoms with Crippen LogP contribution in [0.4, 0.5) is 0 Å². The number of aryl methyl sites for hydroxylation is 1. The van der Waals surface area contributed by atoms with Gasteiger partial charge in [-0.15, -0.1) is 0 Å². The maximum absolute atomic E-state index is 11.2. The zero-order chi connectivity index (χ0) is 16.2. The molecule has 0 N–H and O–H groups in total. The van der Waals surface area contributed by atoms with Gasteiger partial charge in [-0.05, 0) is 42.3 Å². The van der Waals surface area contributed by atoms with Gasteiger partial charge >= 0.3 is 5.97 Å². The van der Waals surface area contributed by atoms with E-state index < -0.39 is 0 Å². The van der Waals surface area contributed by atoms with Gasteiger partial charge in [0.15, 0.2) is 11.2 Å². The molecule has 0 saturated heterocycles. The molecule has 0 aliphatic rings. The summed E-state index contributed by atoms with van der Waals surface area (Å²) in [6.07, 6.45) is 2.50. The van der Waals surface area contributed by atoms with Crippen LogP contribution in [0.1, 0.15) is 17.5 Å². The summed E-state index contributed by atoms with van der Waals surface area (Å²) < 4.78 is 10.4. The lowest BCUT2D eigenvalue weighted by molar-refractivity contribution is -0.140. The topological polar surface area (TPSA) is 89.0 Å². The highest BCUT2D eigenvalue weighted by atomic mass is 16.5. The molecular weight excluding hydrogens is 294 g/mol. The Morgan fingerprint density at radius 3 is 2.83 bits per heavy atom. The van der Waals surface area contributed by atoms with Crippen molar-refractivity contribution < 1.29 is 13.9 Å². The average Bonchev–Trinajstić information content (AvgIpc) is 3.03. The first-order valence-electron chi connectivity index (χ1n) is 7.02. The standard InChI is InChI=1S/C17H13N3O3/c1-22-15(21)7-4-12-8-14-16(19-10-12)20-17(23-14)13-5-2-11(9-18)3-6-13/h2-3,5-6,8,10H,4,7H2,1H3. The van der Waals surface area contributed by atoms with Crippen LogP contribution in [0.25, 0.3) is 22.7 Å². The summed E-state index contributed by atoms with van der Waals surface area (Å²) in [5.41, 5.74) is 3.30. The van der Waals surface area contributed by atoms with Crippen LogP contribution in [-0.4, -0.2) is 23.0 Å². The highest BCUT2D eigenvalue weighted by Crippen LogP contribution is 2.24. The van der Waals surface area contributed by atoms with Gasteiger partial charge in [-0.1, -0.05) is 0 Å². The van der Waals surface area contributed by atoms with Crippen LogP contribution in [0, 0.1) is 11.3 Å². The van der Waals surface area contributed by atoms with Gasteiger partial charge < -0.3 is 9.15 Å². The Morgan fingerprint density at radius 2 is 2.13 bits per heavy atom. The molecule has 6 heteroatoms. The molecule has 0 spiro atoms. The Kier molecular flexibility index (Phi) is 4.02. The van der Waals surface area contributed by atoms with E-state index >= 15 is 0 Å². The van der Waals surface area contributed by atoms with Gasteiger partial charge in [-0.2, -0.15) is 10.2 Å². The first-order valence-corrected chi connectivity index (χ1v) is 7.02. The maximum atomic E-state index is 11.2. The molecule has 0 saturated carbocycles. The predicted molar refractivity (Wildman–Crippen MR) is 82.3 cm³/mol. The maximum Gasteiger partial charge on any atom is 0.305 e. The molecule has 0 bridgehead atoms. The van der Waals surface area contributed by atoms with Gasteiger partial charge in [0.25, 0.3) is 0 Å². The van der Waals surface area contributed by atoms with Crippen LogP contribution in [-0.2, 0) is 16.0 Å². The fourth-order valence-electron chi connectivity index (χ4n) is 2.16. The number of nitrogens with zero attached hydrogens (tertiary/aromatic N) is 3. The molecule has 0 fully saturated rings. The van der Waals surface area contributed by atoms with Crippen LogP contribution < -0.4 is 0 Å². The predicted octanol–water partition coefficient (Wildman–Crippen LogP) is 2.87. The van der Waals surface area contributed by atoms with E-state index in [0.29, 0.717) is 35.5 Å². The number of hydrogen-bond acceptors (Lipinski definition) is 6. The molecule has 0 aliphatic carbocycles. The second-order valence-electron chi connectivity index (χ2n) is 4.95. The number of nitriles is 1. The van der Waals surface area contributed by atoms with Crippen LogP contribution in [0.3, 0.4) is 0 Å². The molecule has 0 atom stereocenters. The Balaban J connectivity index is 1.86. The number of aromatic nitrogens is 2. The second kappa shape index (κ2) is 6.28. The molecule has 0 radical (unpaired) electrons. The number of hydrogen-bond donors (Lipinski definition) is 0. The summed E-state index contributed by atoms with van der Waals surface area (Å²) in [5, 5.41) is 8.82. The van der Waals surface area contributed by atoms with E-state index in [1.165, 1.54) is 7.11 Å². The number of fused-ring (bicyclic) bond motifs is 1. The number of carbonyl (C=O) groups is 1. The average molecular weight is 307 g/mol. The van der Waals surface area contributed by atoms with E-state index in [1.807, 2.05) is 6.07 Å². The number of pyridine rings is 1. The minimum atomic E-state index is -0.263. The Labute approximate surface area is 132 Å². The van der Waals surface area contributed by atoms with Crippen molar-refractivity contribution in [2.24, 2.45) is 0 Å². The molecule has 2 aromatic heterocycles. The molecule has 0 aliphatic heterocycles. The van der Waals surface area contributed by atoms with E-state index in [9.17, 15) is 4.79 Å². The summed E-state index contributed by atoms with van der Waals surface area (Å²) in [5.74, 6) is 0.183. The third-order valence-electron chi connectivity index (χ3n) is 3.41. The van der Waals surface area contributed by atoms with Crippen LogP contribution in [0.2, 0.25) is 0 Å². The van der Waals surface area contributed by atoms with Crippen molar-refractivity contribution in [1.82, 2.24) is 9.97 Å². The van der Waals surface area contributed by atoms with Gasteiger partial charge in [-0.3, -0.25) is 4.79 Å². The lowest BCUT2D eigenvalue weighted by Crippen LogP contribution is -2.01. The van der Waals surface area contributed by atoms with Crippen LogP contribution >= 0.6 is 0 Å². The summed E-state index contributed by atoms with van der Waals surface area (Å²) in [4.78, 5) is 19.8. The monoisotopic (exact) mass is 307 g/mol. The zero-order valence-electron chi connectivity index (χ0n) is 12.4. The number of carbonyl (C=O) groups excluding carboxylic acids is 1. The Morgan fingerprint density at radius 1 is 1.35 bits per heavy atom. The summed E-state index contributed by atoms with van der Waals surface area (Å²) in [6.45, 7) is 0. The number of rotatable bonds is 4. The number of oxazole rings is 1. The van der Waals surface area contributed by atoms with Gasteiger partial charge in [0.05, 0.1) is 18.7 Å². The summed E-state index contributed by atoms with van der Waals surface area (Å²) in [6, 6.07) is 10.9. The van der Waals surface area contributed by atoms with Crippen molar-refractivity contribution in [1.29, 1.82) is 5.26 Å². The number of benzene rings is 1.